The monoisotopic (exact) mass is 498 g/mol. The van der Waals surface area contributed by atoms with Crippen LogP contribution in [0.4, 0.5) is 0 Å². The van der Waals surface area contributed by atoms with Gasteiger partial charge in [-0.1, -0.05) is 111 Å². The molecule has 3 rings (SSSR count). The molecule has 1 fully saturated rings. The predicted molar refractivity (Wildman–Crippen MR) is 129 cm³/mol. The van der Waals surface area contributed by atoms with Crippen LogP contribution >= 0.6 is 17.0 Å². The van der Waals surface area contributed by atoms with Gasteiger partial charge in [0.1, 0.15) is 0 Å². The molecule has 156 valence electrons. The van der Waals surface area contributed by atoms with E-state index in [-0.39, 0.29) is 14.9 Å². The summed E-state index contributed by atoms with van der Waals surface area (Å²) in [6.45, 7) is 5.91. The van der Waals surface area contributed by atoms with E-state index in [1.165, 1.54) is 50.5 Å². The Bertz CT molecular complexity index is 462. The van der Waals surface area contributed by atoms with Crippen LogP contribution in [0, 0.1) is 20.8 Å². The molecular weight excluding hydrogens is 462 g/mol. The standard InChI is InChI=1S/C11H18.C6H8.C6H6.2CH3.2ClH.Zr/c1-3-6-10(2)9-11-7-4-5-8-11;2*1-2-4-6-5-3-1;;;;;/h3,6,11H,1,4-5,7-9H2,2H3;1-4H,5-6H2;1-6H;2*1H3;2*1H;/q;;;2*-1;;;+4/p-2. The van der Waals surface area contributed by atoms with E-state index in [1.54, 1.807) is 0 Å². The minimum Gasteiger partial charge on any atom is -0.0623 e. The summed E-state index contributed by atoms with van der Waals surface area (Å²) in [4.78, 5) is 0. The quantitative estimate of drug-likeness (QED) is 0.286. The van der Waals surface area contributed by atoms with Crippen molar-refractivity contribution in [2.75, 3.05) is 0 Å². The molecule has 0 bridgehead atoms. The molecule has 0 amide bonds. The topological polar surface area (TPSA) is 0 Å². The fourth-order valence-corrected chi connectivity index (χ4v) is 2.87. The van der Waals surface area contributed by atoms with E-state index in [4.69, 9.17) is 17.0 Å². The average molecular weight is 501 g/mol. The Labute approximate surface area is 194 Å². The van der Waals surface area contributed by atoms with Gasteiger partial charge in [0.25, 0.3) is 0 Å². The molecular formula is C25H38Cl2Zr. The largest absolute Gasteiger partial charge is 0.0623 e. The third-order valence-corrected chi connectivity index (χ3v) is 4.04. The first kappa shape index (κ1) is 32.3. The third kappa shape index (κ3) is 23.7. The summed E-state index contributed by atoms with van der Waals surface area (Å²) in [5.41, 5.74) is 1.49. The van der Waals surface area contributed by atoms with E-state index >= 15 is 0 Å². The van der Waals surface area contributed by atoms with Crippen molar-refractivity contribution >= 4 is 17.0 Å². The zero-order valence-corrected chi connectivity index (χ0v) is 21.9. The molecule has 0 aliphatic heterocycles. The van der Waals surface area contributed by atoms with Gasteiger partial charge in [-0.2, -0.15) is 0 Å². The van der Waals surface area contributed by atoms with Gasteiger partial charge in [0.05, 0.1) is 0 Å². The summed E-state index contributed by atoms with van der Waals surface area (Å²) >= 11 is -0.826. The maximum atomic E-state index is 4.93. The van der Waals surface area contributed by atoms with Gasteiger partial charge >= 0.3 is 37.9 Å². The van der Waals surface area contributed by atoms with Gasteiger partial charge in [-0.15, -0.1) is 0 Å². The van der Waals surface area contributed by atoms with E-state index in [9.17, 15) is 0 Å². The summed E-state index contributed by atoms with van der Waals surface area (Å²) in [5.74, 6) is 0.978. The molecule has 1 saturated carbocycles. The van der Waals surface area contributed by atoms with Crippen LogP contribution < -0.4 is 0 Å². The van der Waals surface area contributed by atoms with E-state index < -0.39 is 20.8 Å². The van der Waals surface area contributed by atoms with E-state index in [2.05, 4.69) is 43.9 Å². The molecule has 2 aliphatic rings. The number of rotatable bonds is 3. The van der Waals surface area contributed by atoms with E-state index in [0.717, 1.165) is 5.92 Å². The normalized spacial score (nSPS) is 14.2. The van der Waals surface area contributed by atoms with Crippen molar-refractivity contribution in [1.29, 1.82) is 0 Å². The summed E-state index contributed by atoms with van der Waals surface area (Å²) in [5, 5.41) is 0. The van der Waals surface area contributed by atoms with Gasteiger partial charge in [-0.3, -0.25) is 0 Å². The minimum absolute atomic E-state index is 0. The fraction of sp³-hybridized carbons (Fsp3) is 0.360. The van der Waals surface area contributed by atoms with Crippen LogP contribution in [0.5, 0.6) is 0 Å². The van der Waals surface area contributed by atoms with Crippen molar-refractivity contribution in [3.05, 3.63) is 99.9 Å². The van der Waals surface area contributed by atoms with Crippen LogP contribution in [0.25, 0.3) is 0 Å². The summed E-state index contributed by atoms with van der Waals surface area (Å²) in [6.07, 6.45) is 22.1. The third-order valence-electron chi connectivity index (χ3n) is 4.04. The molecule has 0 spiro atoms. The van der Waals surface area contributed by atoms with Crippen LogP contribution in [-0.2, 0) is 20.8 Å². The summed E-state index contributed by atoms with van der Waals surface area (Å²) < 4.78 is 0. The molecule has 1 aromatic rings. The molecule has 0 radical (unpaired) electrons. The molecule has 0 unspecified atom stereocenters. The first-order valence-corrected chi connectivity index (χ1v) is 15.6. The Morgan fingerprint density at radius 3 is 1.61 bits per heavy atom. The predicted octanol–water partition coefficient (Wildman–Crippen LogP) is 9.56. The van der Waals surface area contributed by atoms with Gasteiger partial charge in [-0.25, -0.2) is 0 Å². The number of hydrogen-bond donors (Lipinski definition) is 0. The second-order valence-electron chi connectivity index (χ2n) is 6.26. The molecule has 2 aliphatic carbocycles. The Hall–Kier alpha value is -0.357. The van der Waals surface area contributed by atoms with Gasteiger partial charge in [0, 0.05) is 0 Å². The Morgan fingerprint density at radius 2 is 1.32 bits per heavy atom. The molecule has 0 aromatic heterocycles. The molecule has 0 N–H and O–H groups in total. The molecule has 0 heterocycles. The zero-order chi connectivity index (χ0) is 19.3. The first-order valence-electron chi connectivity index (χ1n) is 9.30. The second-order valence-corrected chi connectivity index (χ2v) is 9.99. The molecule has 1 aromatic carbocycles. The van der Waals surface area contributed by atoms with Gasteiger partial charge in [0.15, 0.2) is 0 Å². The van der Waals surface area contributed by atoms with Crippen molar-refractivity contribution in [3.63, 3.8) is 0 Å². The fourth-order valence-electron chi connectivity index (χ4n) is 2.87. The van der Waals surface area contributed by atoms with Crippen LogP contribution in [-0.4, -0.2) is 0 Å². The van der Waals surface area contributed by atoms with Crippen molar-refractivity contribution in [2.45, 2.75) is 51.9 Å². The molecule has 0 nitrogen and oxygen atoms in total. The summed E-state index contributed by atoms with van der Waals surface area (Å²) in [7, 11) is 9.87. The van der Waals surface area contributed by atoms with Crippen LogP contribution in [0.3, 0.4) is 0 Å². The smallest absolute Gasteiger partial charge is 0.0623 e. The van der Waals surface area contributed by atoms with Crippen LogP contribution in [0.2, 0.25) is 0 Å². The molecule has 0 saturated heterocycles. The Morgan fingerprint density at radius 1 is 0.929 bits per heavy atom. The Kier molecular flexibility index (Phi) is 30.7. The molecule has 28 heavy (non-hydrogen) atoms. The molecule has 0 atom stereocenters. The number of halogens is 2. The second kappa shape index (κ2) is 26.6. The maximum Gasteiger partial charge on any atom is -0.0623 e. The van der Waals surface area contributed by atoms with Gasteiger partial charge in [-0.05, 0) is 32.1 Å². The van der Waals surface area contributed by atoms with Crippen molar-refractivity contribution < 1.29 is 20.8 Å². The molecule has 3 heteroatoms. The first-order chi connectivity index (χ1) is 12.7. The van der Waals surface area contributed by atoms with Crippen LogP contribution in [0.1, 0.15) is 51.9 Å². The minimum atomic E-state index is -0.826. The van der Waals surface area contributed by atoms with Crippen LogP contribution in [0.15, 0.2) is 85.0 Å². The van der Waals surface area contributed by atoms with E-state index in [0.29, 0.717) is 0 Å². The maximum absolute atomic E-state index is 4.93. The number of hydrogen-bond acceptors (Lipinski definition) is 0. The Balaban J connectivity index is -0.000000318. The SMILES string of the molecule is C1=CCCC=C1.C=CC=C(C)CC1CCCC1.[CH3-].[CH3-].[Cl][Zr+2][Cl].c1ccccc1. The average Bonchev–Trinajstić information content (AvgIpc) is 3.19. The zero-order valence-electron chi connectivity index (χ0n) is 17.9. The van der Waals surface area contributed by atoms with Gasteiger partial charge in [0.2, 0.25) is 0 Å². The summed E-state index contributed by atoms with van der Waals surface area (Å²) in [6, 6.07) is 12.0. The number of allylic oxidation sites excluding steroid dienone is 7. The van der Waals surface area contributed by atoms with Crippen molar-refractivity contribution in [1.82, 2.24) is 0 Å². The number of benzene rings is 1. The van der Waals surface area contributed by atoms with Crippen molar-refractivity contribution in [2.24, 2.45) is 5.92 Å². The van der Waals surface area contributed by atoms with Crippen molar-refractivity contribution in [3.8, 4) is 0 Å². The van der Waals surface area contributed by atoms with Gasteiger partial charge < -0.3 is 14.9 Å². The van der Waals surface area contributed by atoms with E-state index in [1.807, 2.05) is 42.5 Å².